The second-order valence-electron chi connectivity index (χ2n) is 5.91. The van der Waals surface area contributed by atoms with Crippen molar-refractivity contribution in [1.82, 2.24) is 9.80 Å². The molecule has 1 aromatic heterocycles. The van der Waals surface area contributed by atoms with Gasteiger partial charge in [0.1, 0.15) is 17.1 Å². The summed E-state index contributed by atoms with van der Waals surface area (Å²) in [4.78, 5) is 48.4. The highest BCUT2D eigenvalue weighted by atomic mass is 16.6. The van der Waals surface area contributed by atoms with Gasteiger partial charge in [-0.05, 0) is 30.3 Å². The molecule has 2 heterocycles. The van der Waals surface area contributed by atoms with Crippen LogP contribution in [-0.4, -0.2) is 53.8 Å². The van der Waals surface area contributed by atoms with E-state index in [4.69, 9.17) is 9.15 Å². The highest BCUT2D eigenvalue weighted by Crippen LogP contribution is 2.33. The number of nitro groups is 1. The van der Waals surface area contributed by atoms with Crippen LogP contribution in [-0.2, 0) is 9.59 Å². The van der Waals surface area contributed by atoms with Crippen LogP contribution in [0.3, 0.4) is 0 Å². The number of methoxy groups -OCH3 is 1. The average Bonchev–Trinajstić information content (AvgIpc) is 3.16. The smallest absolute Gasteiger partial charge is 0.333 e. The molecule has 10 nitrogen and oxygen atoms in total. The van der Waals surface area contributed by atoms with E-state index in [2.05, 4.69) is 0 Å². The van der Waals surface area contributed by atoms with Crippen molar-refractivity contribution in [3.05, 3.63) is 51.8 Å². The number of nitrogens with zero attached hydrogens (tertiary/aromatic N) is 3. The molecule has 2 aromatic rings. The van der Waals surface area contributed by atoms with Crippen molar-refractivity contribution in [3.63, 3.8) is 0 Å². The van der Waals surface area contributed by atoms with E-state index in [-0.39, 0.29) is 22.8 Å². The Hall–Kier alpha value is -3.95. The van der Waals surface area contributed by atoms with E-state index >= 15 is 0 Å². The second kappa shape index (κ2) is 6.99. The van der Waals surface area contributed by atoms with Crippen LogP contribution >= 0.6 is 0 Å². The van der Waals surface area contributed by atoms with Gasteiger partial charge in [-0.2, -0.15) is 0 Å². The monoisotopic (exact) mass is 385 g/mol. The number of barbiturate groups is 1. The van der Waals surface area contributed by atoms with Gasteiger partial charge in [-0.1, -0.05) is 0 Å². The maximum absolute atomic E-state index is 12.2. The molecule has 0 radical (unpaired) electrons. The Labute approximate surface area is 158 Å². The molecule has 28 heavy (non-hydrogen) atoms. The SMILES string of the molecule is COc1ccc(-c2ccc(C=C3C(=O)N(C)C(=O)N(C)C3=O)o2)cc1[N+](=O)[O-]. The molecule has 0 N–H and O–H groups in total. The van der Waals surface area contributed by atoms with Gasteiger partial charge in [0.05, 0.1) is 12.0 Å². The molecule has 4 amide bonds. The summed E-state index contributed by atoms with van der Waals surface area (Å²) in [6, 6.07) is 6.66. The van der Waals surface area contributed by atoms with Crippen molar-refractivity contribution in [3.8, 4) is 17.1 Å². The summed E-state index contributed by atoms with van der Waals surface area (Å²) in [5.41, 5.74) is -0.0372. The summed E-state index contributed by atoms with van der Waals surface area (Å²) in [7, 11) is 3.87. The number of nitro benzene ring substituents is 1. The summed E-state index contributed by atoms with van der Waals surface area (Å²) in [6.45, 7) is 0. The van der Waals surface area contributed by atoms with Crippen molar-refractivity contribution >= 4 is 29.6 Å². The maximum atomic E-state index is 12.2. The van der Waals surface area contributed by atoms with Crippen LogP contribution in [0, 0.1) is 10.1 Å². The summed E-state index contributed by atoms with van der Waals surface area (Å²) in [6.07, 6.45) is 1.23. The number of carbonyl (C=O) groups excluding carboxylic acids is 3. The average molecular weight is 385 g/mol. The third kappa shape index (κ3) is 3.11. The fraction of sp³-hybridized carbons (Fsp3) is 0.167. The number of hydrogen-bond donors (Lipinski definition) is 0. The first-order chi connectivity index (χ1) is 13.2. The molecule has 144 valence electrons. The molecule has 1 aliphatic rings. The third-order valence-electron chi connectivity index (χ3n) is 4.22. The van der Waals surface area contributed by atoms with Gasteiger partial charge in [0.2, 0.25) is 0 Å². The van der Waals surface area contributed by atoms with Crippen LogP contribution in [0.2, 0.25) is 0 Å². The molecule has 1 aliphatic heterocycles. The van der Waals surface area contributed by atoms with Gasteiger partial charge in [-0.25, -0.2) is 4.79 Å². The zero-order valence-corrected chi connectivity index (χ0v) is 15.2. The predicted molar refractivity (Wildman–Crippen MR) is 96.3 cm³/mol. The first-order valence-corrected chi connectivity index (χ1v) is 7.99. The van der Waals surface area contributed by atoms with Gasteiger partial charge in [0, 0.05) is 25.7 Å². The second-order valence-corrected chi connectivity index (χ2v) is 5.91. The quantitative estimate of drug-likeness (QED) is 0.342. The zero-order chi connectivity index (χ0) is 20.6. The van der Waals surface area contributed by atoms with E-state index in [1.54, 1.807) is 12.1 Å². The van der Waals surface area contributed by atoms with Crippen molar-refractivity contribution in [2.75, 3.05) is 21.2 Å². The van der Waals surface area contributed by atoms with Gasteiger partial charge >= 0.3 is 11.7 Å². The van der Waals surface area contributed by atoms with Crippen molar-refractivity contribution in [2.45, 2.75) is 0 Å². The van der Waals surface area contributed by atoms with E-state index < -0.39 is 22.8 Å². The summed E-state index contributed by atoms with van der Waals surface area (Å²) in [5.74, 6) is -0.901. The third-order valence-corrected chi connectivity index (χ3v) is 4.22. The number of urea groups is 1. The number of benzene rings is 1. The number of likely N-dealkylation sites (N-methyl/N-ethyl adjacent to an activating group) is 2. The normalized spacial score (nSPS) is 14.5. The van der Waals surface area contributed by atoms with Crippen molar-refractivity contribution < 1.29 is 28.5 Å². The van der Waals surface area contributed by atoms with E-state index in [1.807, 2.05) is 0 Å². The Bertz CT molecular complexity index is 1010. The molecule has 0 saturated carbocycles. The van der Waals surface area contributed by atoms with Gasteiger partial charge in [-0.3, -0.25) is 29.5 Å². The molecule has 0 aliphatic carbocycles. The lowest BCUT2D eigenvalue weighted by atomic mass is 10.1. The van der Waals surface area contributed by atoms with E-state index in [9.17, 15) is 24.5 Å². The number of imide groups is 2. The Kier molecular flexibility index (Phi) is 4.70. The van der Waals surface area contributed by atoms with Crippen LogP contribution < -0.4 is 4.74 Å². The lowest BCUT2D eigenvalue weighted by molar-refractivity contribution is -0.385. The summed E-state index contributed by atoms with van der Waals surface area (Å²) < 4.78 is 10.6. The first-order valence-electron chi connectivity index (χ1n) is 7.99. The van der Waals surface area contributed by atoms with Crippen molar-refractivity contribution in [2.24, 2.45) is 0 Å². The fourth-order valence-corrected chi connectivity index (χ4v) is 2.69. The Morgan fingerprint density at radius 3 is 2.29 bits per heavy atom. The molecule has 0 atom stereocenters. The van der Waals surface area contributed by atoms with Crippen LogP contribution in [0.5, 0.6) is 5.75 Å². The summed E-state index contributed by atoms with van der Waals surface area (Å²) >= 11 is 0. The Morgan fingerprint density at radius 1 is 1.07 bits per heavy atom. The molecule has 1 saturated heterocycles. The van der Waals surface area contributed by atoms with Crippen LogP contribution in [0.1, 0.15) is 5.76 Å². The molecule has 3 rings (SSSR count). The van der Waals surface area contributed by atoms with Gasteiger partial charge in [0.25, 0.3) is 11.8 Å². The molecule has 1 fully saturated rings. The van der Waals surface area contributed by atoms with E-state index in [0.717, 1.165) is 9.80 Å². The van der Waals surface area contributed by atoms with Crippen LogP contribution in [0.4, 0.5) is 10.5 Å². The molecular weight excluding hydrogens is 370 g/mol. The van der Waals surface area contributed by atoms with Gasteiger partial charge < -0.3 is 9.15 Å². The number of carbonyl (C=O) groups is 3. The number of amides is 4. The Morgan fingerprint density at radius 2 is 1.71 bits per heavy atom. The largest absolute Gasteiger partial charge is 0.490 e. The molecule has 1 aromatic carbocycles. The number of furan rings is 1. The van der Waals surface area contributed by atoms with Gasteiger partial charge in [-0.15, -0.1) is 0 Å². The highest BCUT2D eigenvalue weighted by molar-refractivity contribution is 6.30. The minimum absolute atomic E-state index is 0.108. The Balaban J connectivity index is 1.97. The lowest BCUT2D eigenvalue weighted by Crippen LogP contribution is -2.52. The van der Waals surface area contributed by atoms with Crippen LogP contribution in [0.15, 0.2) is 40.3 Å². The fourth-order valence-electron chi connectivity index (χ4n) is 2.69. The molecule has 0 unspecified atom stereocenters. The van der Waals surface area contributed by atoms with Gasteiger partial charge in [0.15, 0.2) is 5.75 Å². The zero-order valence-electron chi connectivity index (χ0n) is 15.2. The molecule has 0 spiro atoms. The predicted octanol–water partition coefficient (Wildman–Crippen LogP) is 2.30. The number of hydrogen-bond acceptors (Lipinski definition) is 7. The topological polar surface area (TPSA) is 123 Å². The van der Waals surface area contributed by atoms with Crippen LogP contribution in [0.25, 0.3) is 17.4 Å². The standard InChI is InChI=1S/C18H15N3O7/c1-19-16(22)12(17(23)20(2)18(19)24)9-11-5-7-14(28-11)10-4-6-15(27-3)13(8-10)21(25)26/h4-9H,1-3H3. The summed E-state index contributed by atoms with van der Waals surface area (Å²) in [5, 5.41) is 11.2. The van der Waals surface area contributed by atoms with E-state index in [0.29, 0.717) is 11.3 Å². The molecule has 10 heteroatoms. The minimum Gasteiger partial charge on any atom is -0.490 e. The first kappa shape index (κ1) is 18.8. The lowest BCUT2D eigenvalue weighted by Gasteiger charge is -2.28. The maximum Gasteiger partial charge on any atom is 0.333 e. The van der Waals surface area contributed by atoms with Crippen molar-refractivity contribution in [1.29, 1.82) is 0 Å². The minimum atomic E-state index is -0.744. The number of rotatable bonds is 4. The highest BCUT2D eigenvalue weighted by Gasteiger charge is 2.38. The molecule has 0 bridgehead atoms. The van der Waals surface area contributed by atoms with E-state index in [1.165, 1.54) is 45.5 Å². The number of ether oxygens (including phenoxy) is 1. The molecular formula is C18H15N3O7.